The second kappa shape index (κ2) is 10.3. The average Bonchev–Trinajstić information content (AvgIpc) is 2.76. The number of halogens is 9. The van der Waals surface area contributed by atoms with Gasteiger partial charge in [0.05, 0.1) is 22.9 Å². The molecule has 0 spiro atoms. The lowest BCUT2D eigenvalue weighted by Gasteiger charge is -2.46. The van der Waals surface area contributed by atoms with Gasteiger partial charge >= 0.3 is 24.6 Å². The minimum absolute atomic E-state index is 0.170. The van der Waals surface area contributed by atoms with Gasteiger partial charge in [-0.2, -0.15) is 39.5 Å². The molecule has 0 fully saturated rings. The van der Waals surface area contributed by atoms with Gasteiger partial charge in [-0.25, -0.2) is 4.79 Å². The summed E-state index contributed by atoms with van der Waals surface area (Å²) in [5.41, 5.74) is -8.03. The Hall–Kier alpha value is -3.45. The van der Waals surface area contributed by atoms with Crippen molar-refractivity contribution in [2.45, 2.75) is 69.7 Å². The second-order valence-corrected chi connectivity index (χ2v) is 9.47. The number of carbonyl (C=O) groups excluding carboxylic acids is 2. The van der Waals surface area contributed by atoms with E-state index in [4.69, 9.17) is 4.74 Å². The molecule has 2 aromatic rings. The van der Waals surface area contributed by atoms with Gasteiger partial charge in [0, 0.05) is 18.2 Å². The Balaban J connectivity index is 2.05. The third-order valence-corrected chi connectivity index (χ3v) is 6.17. The third-order valence-electron chi connectivity index (χ3n) is 6.17. The normalized spacial score (nSPS) is 20.0. The number of para-hydroxylation sites is 1. The molecule has 1 heterocycles. The molecule has 214 valence electrons. The van der Waals surface area contributed by atoms with Crippen LogP contribution in [0.25, 0.3) is 0 Å². The van der Waals surface area contributed by atoms with E-state index in [1.807, 2.05) is 0 Å². The summed E-state index contributed by atoms with van der Waals surface area (Å²) in [4.78, 5) is 26.6. The number of anilines is 2. The Morgan fingerprint density at radius 2 is 1.51 bits per heavy atom. The summed E-state index contributed by atoms with van der Waals surface area (Å²) in [6.07, 6.45) is -19.3. The molecule has 0 aliphatic carbocycles. The van der Waals surface area contributed by atoms with Crippen molar-refractivity contribution in [3.63, 3.8) is 0 Å². The number of alkyl halides is 9. The van der Waals surface area contributed by atoms with E-state index in [0.29, 0.717) is 0 Å². The maximum absolute atomic E-state index is 14.7. The van der Waals surface area contributed by atoms with Crippen LogP contribution in [0.5, 0.6) is 0 Å². The van der Waals surface area contributed by atoms with E-state index in [-0.39, 0.29) is 23.9 Å². The van der Waals surface area contributed by atoms with Crippen LogP contribution in [0.2, 0.25) is 0 Å². The number of hydrogen-bond donors (Lipinski definition) is 1. The number of carbonyl (C=O) groups is 2. The average molecular weight is 570 g/mol. The van der Waals surface area contributed by atoms with Crippen LogP contribution in [0.1, 0.15) is 50.3 Å². The first-order valence-electron chi connectivity index (χ1n) is 11.5. The predicted molar refractivity (Wildman–Crippen MR) is 122 cm³/mol. The Bertz CT molecular complexity index is 1210. The topological polar surface area (TPSA) is 58.6 Å². The smallest absolute Gasteiger partial charge is 0.416 e. The van der Waals surface area contributed by atoms with Crippen molar-refractivity contribution in [3.8, 4) is 0 Å². The Morgan fingerprint density at radius 1 is 0.974 bits per heavy atom. The number of rotatable bonds is 4. The lowest BCUT2D eigenvalue weighted by Crippen LogP contribution is -2.55. The van der Waals surface area contributed by atoms with Crippen molar-refractivity contribution in [2.24, 2.45) is 0 Å². The molecule has 3 rings (SSSR count). The lowest BCUT2D eigenvalue weighted by molar-refractivity contribution is -0.198. The highest BCUT2D eigenvalue weighted by Crippen LogP contribution is 2.54. The summed E-state index contributed by atoms with van der Waals surface area (Å²) in [5, 5.41) is 1.77. The zero-order chi connectivity index (χ0) is 29.6. The second-order valence-electron chi connectivity index (χ2n) is 9.47. The van der Waals surface area contributed by atoms with Gasteiger partial charge < -0.3 is 10.1 Å². The Morgan fingerprint density at radius 3 is 2.00 bits per heavy atom. The van der Waals surface area contributed by atoms with Crippen LogP contribution in [0.3, 0.4) is 0 Å². The molecule has 1 aliphatic heterocycles. The highest BCUT2D eigenvalue weighted by Gasteiger charge is 2.61. The zero-order valence-corrected chi connectivity index (χ0v) is 20.7. The fourth-order valence-corrected chi connectivity index (χ4v) is 4.61. The minimum Gasteiger partial charge on any atom is -0.446 e. The van der Waals surface area contributed by atoms with Crippen LogP contribution in [0, 0.1) is 0 Å². The van der Waals surface area contributed by atoms with Crippen molar-refractivity contribution >= 4 is 23.4 Å². The molecular weight excluding hydrogens is 547 g/mol. The SMILES string of the molecule is CC(C)OC(=O)N1c2ccccc2[C@](CC(=O)Nc2cc(C(F)(F)F)cc(C(F)(F)F)c2)(C(F)(F)F)C[C@@H]1C. The van der Waals surface area contributed by atoms with Crippen molar-refractivity contribution in [2.75, 3.05) is 10.2 Å². The summed E-state index contributed by atoms with van der Waals surface area (Å²) in [6.45, 7) is 4.39. The molecule has 0 aromatic heterocycles. The maximum Gasteiger partial charge on any atom is 0.416 e. The highest BCUT2D eigenvalue weighted by molar-refractivity contribution is 5.94. The fraction of sp³-hybridized carbons (Fsp3) is 0.440. The quantitative estimate of drug-likeness (QED) is 0.384. The van der Waals surface area contributed by atoms with Crippen molar-refractivity contribution in [3.05, 3.63) is 59.2 Å². The van der Waals surface area contributed by atoms with Gasteiger partial charge in [0.1, 0.15) is 5.41 Å². The summed E-state index contributed by atoms with van der Waals surface area (Å²) in [6, 6.07) is 4.00. The van der Waals surface area contributed by atoms with E-state index in [9.17, 15) is 49.1 Å². The molecule has 0 saturated heterocycles. The van der Waals surface area contributed by atoms with E-state index < -0.39 is 83.3 Å². The molecule has 0 saturated carbocycles. The van der Waals surface area contributed by atoms with E-state index in [1.165, 1.54) is 25.1 Å². The maximum atomic E-state index is 14.7. The predicted octanol–water partition coefficient (Wildman–Crippen LogP) is 7.70. The van der Waals surface area contributed by atoms with Crippen LogP contribution < -0.4 is 10.2 Å². The summed E-state index contributed by atoms with van der Waals surface area (Å²) in [5.74, 6) is -1.47. The Kier molecular flexibility index (Phi) is 7.92. The summed E-state index contributed by atoms with van der Waals surface area (Å²) >= 11 is 0. The molecule has 2 aromatic carbocycles. The van der Waals surface area contributed by atoms with Crippen LogP contribution >= 0.6 is 0 Å². The van der Waals surface area contributed by atoms with Crippen LogP contribution in [-0.4, -0.2) is 30.3 Å². The van der Waals surface area contributed by atoms with Gasteiger partial charge in [-0.3, -0.25) is 9.69 Å². The lowest BCUT2D eigenvalue weighted by atomic mass is 9.68. The number of ether oxygens (including phenoxy) is 1. The number of nitrogens with one attached hydrogen (secondary N) is 1. The zero-order valence-electron chi connectivity index (χ0n) is 20.7. The number of fused-ring (bicyclic) bond motifs is 1. The van der Waals surface area contributed by atoms with Gasteiger partial charge in [0.2, 0.25) is 5.91 Å². The van der Waals surface area contributed by atoms with Gasteiger partial charge in [-0.05, 0) is 57.0 Å². The summed E-state index contributed by atoms with van der Waals surface area (Å²) in [7, 11) is 0. The van der Waals surface area contributed by atoms with Gasteiger partial charge in [0.25, 0.3) is 0 Å². The molecule has 0 radical (unpaired) electrons. The van der Waals surface area contributed by atoms with Gasteiger partial charge in [-0.1, -0.05) is 18.2 Å². The molecule has 1 N–H and O–H groups in total. The molecular formula is C25H23F9N2O3. The first kappa shape index (κ1) is 30.1. The first-order chi connectivity index (χ1) is 17.8. The van der Waals surface area contributed by atoms with Gasteiger partial charge in [0.15, 0.2) is 0 Å². The van der Waals surface area contributed by atoms with E-state index >= 15 is 0 Å². The van der Waals surface area contributed by atoms with Crippen LogP contribution in [0.4, 0.5) is 55.7 Å². The first-order valence-corrected chi connectivity index (χ1v) is 11.5. The molecule has 0 bridgehead atoms. The summed E-state index contributed by atoms with van der Waals surface area (Å²) < 4.78 is 128. The number of amides is 2. The van der Waals surface area contributed by atoms with Crippen molar-refractivity contribution in [1.29, 1.82) is 0 Å². The molecule has 1 aliphatic rings. The van der Waals surface area contributed by atoms with Crippen LogP contribution in [0.15, 0.2) is 42.5 Å². The largest absolute Gasteiger partial charge is 0.446 e. The number of hydrogen-bond acceptors (Lipinski definition) is 3. The van der Waals surface area contributed by atoms with Gasteiger partial charge in [-0.15, -0.1) is 0 Å². The molecule has 14 heteroatoms. The monoisotopic (exact) mass is 570 g/mol. The number of benzene rings is 2. The van der Waals surface area contributed by atoms with Crippen LogP contribution in [-0.2, 0) is 27.3 Å². The molecule has 39 heavy (non-hydrogen) atoms. The van der Waals surface area contributed by atoms with E-state index in [2.05, 4.69) is 0 Å². The molecule has 0 unspecified atom stereocenters. The van der Waals surface area contributed by atoms with E-state index in [1.54, 1.807) is 19.2 Å². The van der Waals surface area contributed by atoms with Crippen molar-refractivity contribution in [1.82, 2.24) is 0 Å². The molecule has 2 atom stereocenters. The molecule has 2 amide bonds. The number of nitrogens with zero attached hydrogens (tertiary/aromatic N) is 1. The third kappa shape index (κ3) is 6.25. The minimum atomic E-state index is -5.22. The standard InChI is InChI=1S/C25H23F9N2O3/c1-13(2)39-21(38)36-14(3)11-22(25(32,33)34,18-6-4-5-7-19(18)36)12-20(37)35-17-9-15(23(26,27)28)8-16(10-17)24(29,30)31/h4-10,13-14H,11-12H2,1-3H3,(H,35,37)/t14-,22-/m0/s1. The van der Waals surface area contributed by atoms with E-state index in [0.717, 1.165) is 11.0 Å². The van der Waals surface area contributed by atoms with Crippen molar-refractivity contribution < 1.29 is 53.8 Å². The Labute approximate surface area is 216 Å². The fourth-order valence-electron chi connectivity index (χ4n) is 4.61. The molecule has 5 nitrogen and oxygen atoms in total. The highest BCUT2D eigenvalue weighted by atomic mass is 19.4.